The maximum atomic E-state index is 9.64. The third-order valence-electron chi connectivity index (χ3n) is 4.17. The summed E-state index contributed by atoms with van der Waals surface area (Å²) in [6.07, 6.45) is 5.39. The van der Waals surface area contributed by atoms with Crippen LogP contribution in [0.4, 0.5) is 5.82 Å². The lowest BCUT2D eigenvalue weighted by molar-refractivity contribution is 0.175. The molecule has 1 aliphatic rings. The second-order valence-electron chi connectivity index (χ2n) is 5.66. The van der Waals surface area contributed by atoms with Gasteiger partial charge in [-0.05, 0) is 48.3 Å². The van der Waals surface area contributed by atoms with Crippen molar-refractivity contribution in [1.29, 1.82) is 0 Å². The molecule has 0 atom stereocenters. The van der Waals surface area contributed by atoms with Gasteiger partial charge in [-0.15, -0.1) is 0 Å². The van der Waals surface area contributed by atoms with Crippen molar-refractivity contribution in [3.05, 3.63) is 30.5 Å². The van der Waals surface area contributed by atoms with E-state index in [-0.39, 0.29) is 5.75 Å². The first kappa shape index (κ1) is 13.2. The third-order valence-corrected chi connectivity index (χ3v) is 4.17. The van der Waals surface area contributed by atoms with Crippen molar-refractivity contribution in [2.24, 2.45) is 5.41 Å². The van der Waals surface area contributed by atoms with Gasteiger partial charge in [-0.3, -0.25) is 0 Å². The SMILES string of the molecule is COCCC1(CNc2nccc3ccc(O)cc23)CC1. The van der Waals surface area contributed by atoms with Crippen LogP contribution in [0.3, 0.4) is 0 Å². The molecule has 1 saturated carbocycles. The first-order chi connectivity index (χ1) is 9.72. The van der Waals surface area contributed by atoms with Crippen LogP contribution < -0.4 is 5.32 Å². The number of aromatic hydroxyl groups is 1. The fourth-order valence-corrected chi connectivity index (χ4v) is 2.58. The van der Waals surface area contributed by atoms with Crippen molar-refractivity contribution in [3.63, 3.8) is 0 Å². The molecule has 20 heavy (non-hydrogen) atoms. The number of nitrogens with one attached hydrogen (secondary N) is 1. The summed E-state index contributed by atoms with van der Waals surface area (Å²) in [5, 5.41) is 15.1. The molecule has 0 aliphatic heterocycles. The Labute approximate surface area is 118 Å². The Kier molecular flexibility index (Phi) is 3.49. The molecule has 1 aromatic carbocycles. The molecule has 0 bridgehead atoms. The average molecular weight is 272 g/mol. The normalized spacial score (nSPS) is 16.2. The van der Waals surface area contributed by atoms with Crippen LogP contribution in [0.2, 0.25) is 0 Å². The molecule has 4 heteroatoms. The standard InChI is InChI=1S/C16H20N2O2/c1-20-9-7-16(5-6-16)11-18-15-14-10-13(19)3-2-12(14)4-8-17-15/h2-4,8,10,19H,5-7,9,11H2,1H3,(H,17,18). The van der Waals surface area contributed by atoms with Crippen LogP contribution >= 0.6 is 0 Å². The van der Waals surface area contributed by atoms with Crippen molar-refractivity contribution >= 4 is 16.6 Å². The number of pyridine rings is 1. The number of nitrogens with zero attached hydrogens (tertiary/aromatic N) is 1. The van der Waals surface area contributed by atoms with Gasteiger partial charge in [0.2, 0.25) is 0 Å². The minimum Gasteiger partial charge on any atom is -0.508 e. The van der Waals surface area contributed by atoms with Crippen LogP contribution in [-0.2, 0) is 4.74 Å². The number of hydrogen-bond donors (Lipinski definition) is 2. The highest BCUT2D eigenvalue weighted by molar-refractivity contribution is 5.92. The number of phenolic OH excluding ortho intramolecular Hbond substituents is 1. The number of benzene rings is 1. The van der Waals surface area contributed by atoms with Gasteiger partial charge >= 0.3 is 0 Å². The highest BCUT2D eigenvalue weighted by Gasteiger charge is 2.41. The van der Waals surface area contributed by atoms with Crippen molar-refractivity contribution in [3.8, 4) is 5.75 Å². The van der Waals surface area contributed by atoms with Gasteiger partial charge in [0.15, 0.2) is 0 Å². The molecule has 4 nitrogen and oxygen atoms in total. The number of aromatic nitrogens is 1. The number of methoxy groups -OCH3 is 1. The predicted molar refractivity (Wildman–Crippen MR) is 80.1 cm³/mol. The number of ether oxygens (including phenoxy) is 1. The highest BCUT2D eigenvalue weighted by atomic mass is 16.5. The molecule has 106 valence electrons. The second-order valence-corrected chi connectivity index (χ2v) is 5.66. The molecule has 1 aliphatic carbocycles. The van der Waals surface area contributed by atoms with Gasteiger partial charge < -0.3 is 15.2 Å². The van der Waals surface area contributed by atoms with E-state index in [9.17, 15) is 5.11 Å². The van der Waals surface area contributed by atoms with E-state index in [1.165, 1.54) is 12.8 Å². The van der Waals surface area contributed by atoms with Crippen LogP contribution in [0, 0.1) is 5.41 Å². The predicted octanol–water partition coefficient (Wildman–Crippen LogP) is 3.17. The largest absolute Gasteiger partial charge is 0.508 e. The third kappa shape index (κ3) is 2.70. The fraction of sp³-hybridized carbons (Fsp3) is 0.438. The summed E-state index contributed by atoms with van der Waals surface area (Å²) >= 11 is 0. The Hall–Kier alpha value is -1.81. The average Bonchev–Trinajstić information content (AvgIpc) is 3.23. The summed E-state index contributed by atoms with van der Waals surface area (Å²) in [7, 11) is 1.75. The van der Waals surface area contributed by atoms with Gasteiger partial charge in [0.05, 0.1) is 0 Å². The molecular formula is C16H20N2O2. The number of hydrogen-bond acceptors (Lipinski definition) is 4. The van der Waals surface area contributed by atoms with Gasteiger partial charge in [0.1, 0.15) is 11.6 Å². The summed E-state index contributed by atoms with van der Waals surface area (Å²) in [4.78, 5) is 4.41. The summed E-state index contributed by atoms with van der Waals surface area (Å²) in [6, 6.07) is 7.33. The van der Waals surface area contributed by atoms with Crippen LogP contribution in [0.25, 0.3) is 10.8 Å². The van der Waals surface area contributed by atoms with E-state index in [0.717, 1.165) is 36.2 Å². The fourth-order valence-electron chi connectivity index (χ4n) is 2.58. The lowest BCUT2D eigenvalue weighted by Crippen LogP contribution is -2.18. The van der Waals surface area contributed by atoms with Crippen LogP contribution in [0.15, 0.2) is 30.5 Å². The van der Waals surface area contributed by atoms with Crippen LogP contribution in [0.5, 0.6) is 5.75 Å². The van der Waals surface area contributed by atoms with Gasteiger partial charge in [0, 0.05) is 31.8 Å². The molecule has 0 radical (unpaired) electrons. The maximum absolute atomic E-state index is 9.64. The number of anilines is 1. The molecule has 2 aromatic rings. The molecule has 1 aromatic heterocycles. The first-order valence-electron chi connectivity index (χ1n) is 7.03. The van der Waals surface area contributed by atoms with E-state index < -0.39 is 0 Å². The van der Waals surface area contributed by atoms with Crippen molar-refractivity contribution < 1.29 is 9.84 Å². The zero-order valence-corrected chi connectivity index (χ0v) is 11.7. The Morgan fingerprint density at radius 1 is 1.35 bits per heavy atom. The van der Waals surface area contributed by atoms with Gasteiger partial charge in [0.25, 0.3) is 0 Å². The topological polar surface area (TPSA) is 54.4 Å². The minimum absolute atomic E-state index is 0.272. The number of phenols is 1. The van der Waals surface area contributed by atoms with Gasteiger partial charge in [-0.25, -0.2) is 4.98 Å². The van der Waals surface area contributed by atoms with Crippen molar-refractivity contribution in [2.45, 2.75) is 19.3 Å². The Morgan fingerprint density at radius 2 is 2.20 bits per heavy atom. The van der Waals surface area contributed by atoms with E-state index in [0.29, 0.717) is 5.41 Å². The Balaban J connectivity index is 1.76. The molecule has 3 rings (SSSR count). The molecule has 2 N–H and O–H groups in total. The summed E-state index contributed by atoms with van der Waals surface area (Å²) in [5.41, 5.74) is 0.372. The van der Waals surface area contributed by atoms with Gasteiger partial charge in [-0.1, -0.05) is 6.07 Å². The van der Waals surface area contributed by atoms with E-state index in [1.807, 2.05) is 12.1 Å². The monoisotopic (exact) mass is 272 g/mol. The summed E-state index contributed by atoms with van der Waals surface area (Å²) in [6.45, 7) is 1.73. The molecule has 0 unspecified atom stereocenters. The first-order valence-corrected chi connectivity index (χ1v) is 7.03. The van der Waals surface area contributed by atoms with Crippen LogP contribution in [-0.4, -0.2) is 30.4 Å². The molecule has 1 fully saturated rings. The zero-order valence-electron chi connectivity index (χ0n) is 11.7. The van der Waals surface area contributed by atoms with E-state index in [4.69, 9.17) is 4.74 Å². The molecule has 1 heterocycles. The lowest BCUT2D eigenvalue weighted by Gasteiger charge is -2.16. The Morgan fingerprint density at radius 3 is 2.95 bits per heavy atom. The van der Waals surface area contributed by atoms with Crippen molar-refractivity contribution in [2.75, 3.05) is 25.6 Å². The molecule has 0 spiro atoms. The van der Waals surface area contributed by atoms with Crippen molar-refractivity contribution in [1.82, 2.24) is 4.98 Å². The zero-order chi connectivity index (χ0) is 14.0. The van der Waals surface area contributed by atoms with E-state index >= 15 is 0 Å². The highest BCUT2D eigenvalue weighted by Crippen LogP contribution is 2.48. The molecular weight excluding hydrogens is 252 g/mol. The summed E-state index contributed by atoms with van der Waals surface area (Å²) in [5.74, 6) is 1.12. The number of rotatable bonds is 6. The van der Waals surface area contributed by atoms with Gasteiger partial charge in [-0.2, -0.15) is 0 Å². The molecule has 0 amide bonds. The maximum Gasteiger partial charge on any atom is 0.133 e. The summed E-state index contributed by atoms with van der Waals surface area (Å²) < 4.78 is 5.18. The lowest BCUT2D eigenvalue weighted by atomic mass is 10.0. The smallest absolute Gasteiger partial charge is 0.133 e. The molecule has 0 saturated heterocycles. The quantitative estimate of drug-likeness (QED) is 0.848. The van der Waals surface area contributed by atoms with E-state index in [2.05, 4.69) is 10.3 Å². The van der Waals surface area contributed by atoms with E-state index in [1.54, 1.807) is 25.4 Å². The Bertz CT molecular complexity index is 608. The minimum atomic E-state index is 0.272. The number of fused-ring (bicyclic) bond motifs is 1. The van der Waals surface area contributed by atoms with Crippen LogP contribution in [0.1, 0.15) is 19.3 Å². The second kappa shape index (κ2) is 5.29.